The summed E-state index contributed by atoms with van der Waals surface area (Å²) < 4.78 is 0. The van der Waals surface area contributed by atoms with E-state index < -0.39 is 163 Å². The maximum absolute atomic E-state index is 13.9. The zero-order chi connectivity index (χ0) is 56.4. The fourth-order valence-corrected chi connectivity index (χ4v) is 6.77. The van der Waals surface area contributed by atoms with E-state index in [-0.39, 0.29) is 56.4 Å². The zero-order valence-corrected chi connectivity index (χ0v) is 42.8. The Labute approximate surface area is 423 Å². The summed E-state index contributed by atoms with van der Waals surface area (Å²) >= 11 is 0. The summed E-state index contributed by atoms with van der Waals surface area (Å²) in [4.78, 5) is 166. The number of aliphatic carboxylic acids is 4. The molecule has 0 aromatic carbocycles. The molecule has 0 heterocycles. The van der Waals surface area contributed by atoms with Crippen molar-refractivity contribution in [3.8, 4) is 0 Å². The highest BCUT2D eigenvalue weighted by atomic mass is 16.4. The van der Waals surface area contributed by atoms with E-state index in [1.807, 2.05) is 5.32 Å². The number of urea groups is 1. The lowest BCUT2D eigenvalue weighted by Crippen LogP contribution is -2.71. The number of carbonyl (C=O) groups is 13. The van der Waals surface area contributed by atoms with Gasteiger partial charge in [0.2, 0.25) is 41.4 Å². The van der Waals surface area contributed by atoms with Crippen molar-refractivity contribution in [1.82, 2.24) is 47.9 Å². The normalized spacial score (nSPS) is 14.9. The minimum atomic E-state index is -2.12. The topological polar surface area (TPSA) is 476 Å². The number of primary amides is 1. The molecule has 9 atom stereocenters. The standard InChI is InChI=1S/C45H77N11O17/c1-20(2)15-27(38(65)51-26(12-13-32(57)58)36(63)49-24(9)44(71)72)52-40(67)28(16-21(3)4)53-41(68)31(19-34(61)62)55-42(69)30(18-33(59)60)54-37(64)25(11-10-14-48-45(47)73)50-39(66)29(17-22(5)6)56-43(70)35(46)23(7)8/h20-31,35H,10-19,46H2,1-9H3,(H,49,63)(H,50,66)(H,51,65)(H,52,67)(H,53,68)(H,54,64)(H,55,69)(H,56,70)(H,57,58)(H,59,60)(H,61,62)(H,71,72)(H3,47,48,73)/p-3/t24-,25-,26-,27-,28-,29-,30-,31-,35-/m0/s1. The van der Waals surface area contributed by atoms with Gasteiger partial charge in [-0.25, -0.2) is 4.79 Å². The highest BCUT2D eigenvalue weighted by molar-refractivity contribution is 5.99. The summed E-state index contributed by atoms with van der Waals surface area (Å²) in [5, 5.41) is 67.0. The minimum Gasteiger partial charge on any atom is -0.550 e. The van der Waals surface area contributed by atoms with Crippen LogP contribution >= 0.6 is 0 Å². The number of hydrogen-bond acceptors (Lipinski definition) is 17. The number of nitrogens with two attached hydrogens (primary N) is 1. The van der Waals surface area contributed by atoms with Gasteiger partial charge in [0.1, 0.15) is 42.3 Å². The Hall–Kier alpha value is -7.13. The van der Waals surface area contributed by atoms with Crippen LogP contribution in [0.15, 0.2) is 0 Å². The van der Waals surface area contributed by atoms with Crippen LogP contribution in [0.4, 0.5) is 4.79 Å². The molecule has 0 fully saturated rings. The maximum atomic E-state index is 13.9. The molecule has 0 saturated carbocycles. The maximum Gasteiger partial charge on any atom is 0.312 e. The Morgan fingerprint density at radius 3 is 1.07 bits per heavy atom. The van der Waals surface area contributed by atoms with Crippen LogP contribution in [0.2, 0.25) is 0 Å². The second-order valence-corrected chi connectivity index (χ2v) is 19.2. The second kappa shape index (κ2) is 32.8. The lowest BCUT2D eigenvalue weighted by atomic mass is 9.99. The van der Waals surface area contributed by atoms with Gasteiger partial charge in [0.25, 0.3) is 5.91 Å². The highest BCUT2D eigenvalue weighted by Crippen LogP contribution is 2.12. The van der Waals surface area contributed by atoms with Crippen molar-refractivity contribution >= 4 is 77.2 Å². The van der Waals surface area contributed by atoms with Crippen LogP contribution in [0.3, 0.4) is 0 Å². The number of amides is 10. The third kappa shape index (κ3) is 27.3. The molecule has 0 saturated heterocycles. The predicted molar refractivity (Wildman–Crippen MR) is 246 cm³/mol. The van der Waals surface area contributed by atoms with Crippen molar-refractivity contribution in [1.29, 1.82) is 0 Å². The number of rotatable bonds is 35. The van der Waals surface area contributed by atoms with E-state index >= 15 is 0 Å². The molecule has 28 heteroatoms. The molecule has 0 aliphatic rings. The van der Waals surface area contributed by atoms with Gasteiger partial charge >= 0.3 is 6.03 Å². The van der Waals surface area contributed by atoms with Crippen LogP contribution in [-0.4, -0.2) is 138 Å². The van der Waals surface area contributed by atoms with E-state index in [1.165, 1.54) is 0 Å². The molecule has 0 rings (SSSR count). The average Bonchev–Trinajstić information content (AvgIpc) is 3.25. The monoisotopic (exact) mass is 1040 g/mol. The van der Waals surface area contributed by atoms with Crippen LogP contribution in [0.25, 0.3) is 0 Å². The molecule has 0 aromatic rings. The summed E-state index contributed by atoms with van der Waals surface area (Å²) in [6, 6.07) is -15.0. The van der Waals surface area contributed by atoms with Crippen LogP contribution in [0.5, 0.6) is 0 Å². The number of hydrogen-bond donors (Lipinski definition) is 11. The highest BCUT2D eigenvalue weighted by Gasteiger charge is 2.36. The first-order chi connectivity index (χ1) is 33.7. The van der Waals surface area contributed by atoms with Gasteiger partial charge in [0.15, 0.2) is 6.04 Å². The van der Waals surface area contributed by atoms with Gasteiger partial charge < -0.3 is 98.9 Å². The molecular weight excluding hydrogens is 967 g/mol. The third-order valence-corrected chi connectivity index (χ3v) is 10.8. The Balaban J connectivity index is 6.80. The van der Waals surface area contributed by atoms with E-state index in [9.17, 15) is 82.8 Å². The van der Waals surface area contributed by atoms with Crippen LogP contribution in [0, 0.1) is 23.7 Å². The van der Waals surface area contributed by atoms with Crippen molar-refractivity contribution in [2.24, 2.45) is 29.4 Å². The second-order valence-electron chi connectivity index (χ2n) is 19.2. The van der Waals surface area contributed by atoms with Crippen molar-refractivity contribution in [3.05, 3.63) is 0 Å². The lowest BCUT2D eigenvalue weighted by molar-refractivity contribution is -0.414. The molecular formula is C45H74N11O17-3. The number of quaternary nitrogens is 1. The molecule has 73 heavy (non-hydrogen) atoms. The molecule has 0 unspecified atom stereocenters. The number of carboxylic acids is 4. The molecule has 0 bridgehead atoms. The van der Waals surface area contributed by atoms with E-state index in [4.69, 9.17) is 5.73 Å². The van der Waals surface area contributed by atoms with Crippen LogP contribution in [-0.2, 0) is 57.5 Å². The molecule has 10 amide bonds. The minimum absolute atomic E-state index is 0.0234. The summed E-state index contributed by atoms with van der Waals surface area (Å²) in [5.74, 6) is -16.8. The van der Waals surface area contributed by atoms with Gasteiger partial charge in [0, 0.05) is 43.2 Å². The van der Waals surface area contributed by atoms with E-state index in [1.54, 1.807) is 55.4 Å². The SMILES string of the molecule is CC(C)C[C@H](NC(=O)[C@H](CC(C)C)NC(=O)[C@H](CC(=O)[O-])NC(=O)[C@H](CC(=O)[O-])NC(=O)[C@H](CCCNC(N)=O)NC(=O)[C@H](CC(C)C)NC(=O)[C@@H]([NH3+])C(C)C)C(=O)N[C@@H](CCC(=O)[O-])C(=O)N[C@@H](C)C(=O)[O-]. The van der Waals surface area contributed by atoms with Crippen LogP contribution in [0.1, 0.15) is 120 Å². The third-order valence-electron chi connectivity index (χ3n) is 10.8. The first kappa shape index (κ1) is 65.9. The van der Waals surface area contributed by atoms with Crippen molar-refractivity contribution < 1.29 is 88.5 Å². The Bertz CT molecular complexity index is 1960. The van der Waals surface area contributed by atoms with Gasteiger partial charge in [-0.3, -0.25) is 38.4 Å². The predicted octanol–water partition coefficient (Wildman–Crippen LogP) is -8.70. The molecule has 0 radical (unpaired) electrons. The largest absolute Gasteiger partial charge is 0.550 e. The quantitative estimate of drug-likeness (QED) is 0.0263. The van der Waals surface area contributed by atoms with Gasteiger partial charge in [0.05, 0.1) is 12.0 Å². The Kier molecular flexibility index (Phi) is 29.6. The first-order valence-electron chi connectivity index (χ1n) is 23.9. The summed E-state index contributed by atoms with van der Waals surface area (Å²) in [7, 11) is 0. The summed E-state index contributed by atoms with van der Waals surface area (Å²) in [5.41, 5.74) is 8.95. The van der Waals surface area contributed by atoms with E-state index in [2.05, 4.69) is 48.3 Å². The molecule has 0 aliphatic carbocycles. The van der Waals surface area contributed by atoms with Crippen molar-refractivity contribution in [3.63, 3.8) is 0 Å². The fraction of sp³-hybridized carbons (Fsp3) is 0.711. The molecule has 28 nitrogen and oxygen atoms in total. The first-order valence-corrected chi connectivity index (χ1v) is 23.9. The lowest BCUT2D eigenvalue weighted by Gasteiger charge is -2.29. The Morgan fingerprint density at radius 1 is 0.425 bits per heavy atom. The number of carbonyl (C=O) groups excluding carboxylic acids is 13. The average molecular weight is 1040 g/mol. The zero-order valence-electron chi connectivity index (χ0n) is 42.8. The summed E-state index contributed by atoms with van der Waals surface area (Å²) in [6.07, 6.45) is -4.34. The van der Waals surface area contributed by atoms with E-state index in [0.29, 0.717) is 0 Å². The summed E-state index contributed by atoms with van der Waals surface area (Å²) in [6.45, 7) is 14.5. The van der Waals surface area contributed by atoms with Gasteiger partial charge in [-0.1, -0.05) is 55.4 Å². The van der Waals surface area contributed by atoms with Crippen molar-refractivity contribution in [2.45, 2.75) is 174 Å². The molecule has 414 valence electrons. The van der Waals surface area contributed by atoms with Crippen molar-refractivity contribution in [2.75, 3.05) is 6.54 Å². The smallest absolute Gasteiger partial charge is 0.312 e. The van der Waals surface area contributed by atoms with Crippen LogP contribution < -0.4 is 79.7 Å². The molecule has 0 aromatic heterocycles. The van der Waals surface area contributed by atoms with Gasteiger partial charge in [-0.15, -0.1) is 0 Å². The fourth-order valence-electron chi connectivity index (χ4n) is 6.77. The Morgan fingerprint density at radius 2 is 0.740 bits per heavy atom. The molecule has 0 aliphatic heterocycles. The number of nitrogens with one attached hydrogen (secondary N) is 9. The van der Waals surface area contributed by atoms with Gasteiger partial charge in [-0.2, -0.15) is 0 Å². The molecule has 14 N–H and O–H groups in total. The number of carboxylic acid groups (broad SMARTS) is 4. The van der Waals surface area contributed by atoms with E-state index in [0.717, 1.165) is 6.92 Å². The van der Waals surface area contributed by atoms with Gasteiger partial charge in [-0.05, 0) is 69.6 Å². The molecule has 0 spiro atoms.